The highest BCUT2D eigenvalue weighted by atomic mass is 35.5. The summed E-state index contributed by atoms with van der Waals surface area (Å²) in [6, 6.07) is 12.4. The summed E-state index contributed by atoms with van der Waals surface area (Å²) in [4.78, 5) is 30.7. The van der Waals surface area contributed by atoms with Crippen molar-refractivity contribution in [1.82, 2.24) is 15.1 Å². The van der Waals surface area contributed by atoms with E-state index in [9.17, 15) is 9.59 Å². The molecule has 2 aliphatic rings. The summed E-state index contributed by atoms with van der Waals surface area (Å²) in [6.45, 7) is 4.93. The first-order valence-electron chi connectivity index (χ1n) is 11.7. The highest BCUT2D eigenvalue weighted by Gasteiger charge is 2.42. The zero-order valence-corrected chi connectivity index (χ0v) is 21.8. The SMILES string of the molecule is CN(C(=O)c1ccc(Cl)cc1)[C@@H]1CCN(C(=O)C2(C)CCNCC2)C[C@H]1c1ccc(Cl)c(Cl)c1. The molecule has 2 aromatic carbocycles. The number of nitrogens with zero attached hydrogens (tertiary/aromatic N) is 2. The summed E-state index contributed by atoms with van der Waals surface area (Å²) in [6.07, 6.45) is 2.34. The van der Waals surface area contributed by atoms with Gasteiger partial charge in [-0.2, -0.15) is 0 Å². The highest BCUT2D eigenvalue weighted by Crippen LogP contribution is 2.37. The lowest BCUT2D eigenvalue weighted by Gasteiger charge is -2.46. The predicted molar refractivity (Wildman–Crippen MR) is 138 cm³/mol. The van der Waals surface area contributed by atoms with Crippen LogP contribution in [0.4, 0.5) is 0 Å². The fraction of sp³-hybridized carbons (Fsp3) is 0.462. The number of piperidine rings is 2. The molecule has 4 rings (SSSR count). The van der Waals surface area contributed by atoms with Crippen molar-refractivity contribution >= 4 is 46.6 Å². The first-order valence-corrected chi connectivity index (χ1v) is 12.8. The Morgan fingerprint density at radius 3 is 2.35 bits per heavy atom. The minimum atomic E-state index is -0.356. The van der Waals surface area contributed by atoms with Crippen LogP contribution in [0.5, 0.6) is 0 Å². The molecule has 34 heavy (non-hydrogen) atoms. The molecule has 0 bridgehead atoms. The Bertz CT molecular complexity index is 1050. The number of hydrogen-bond donors (Lipinski definition) is 1. The standard InChI is InChI=1S/C26H30Cl3N3O2/c1-26(10-12-30-13-11-26)25(34)32-14-9-23(20(16-32)18-5-8-21(28)22(29)15-18)31(2)24(33)17-3-6-19(27)7-4-17/h3-8,15,20,23,30H,9-14,16H2,1-2H3/t20-,23+/m0/s1. The van der Waals surface area contributed by atoms with Crippen molar-refractivity contribution in [3.8, 4) is 0 Å². The fourth-order valence-corrected chi connectivity index (χ4v) is 5.61. The second-order valence-electron chi connectivity index (χ2n) is 9.62. The lowest BCUT2D eigenvalue weighted by atomic mass is 9.78. The Hall–Kier alpha value is -1.79. The molecule has 2 amide bonds. The van der Waals surface area contributed by atoms with E-state index >= 15 is 0 Å². The Kier molecular flexibility index (Phi) is 7.78. The lowest BCUT2D eigenvalue weighted by Crippen LogP contribution is -2.55. The van der Waals surface area contributed by atoms with Gasteiger partial charge in [0.1, 0.15) is 0 Å². The Morgan fingerprint density at radius 2 is 1.71 bits per heavy atom. The molecule has 1 N–H and O–H groups in total. The van der Waals surface area contributed by atoms with Gasteiger partial charge in [0, 0.05) is 48.1 Å². The maximum atomic E-state index is 13.6. The van der Waals surface area contributed by atoms with E-state index in [1.54, 1.807) is 35.2 Å². The number of amides is 2. The molecule has 2 saturated heterocycles. The minimum absolute atomic E-state index is 0.0724. The van der Waals surface area contributed by atoms with Gasteiger partial charge in [0.2, 0.25) is 5.91 Å². The van der Waals surface area contributed by atoms with Crippen LogP contribution in [0.3, 0.4) is 0 Å². The number of hydrogen-bond acceptors (Lipinski definition) is 3. The zero-order valence-electron chi connectivity index (χ0n) is 19.5. The molecular formula is C26H30Cl3N3O2. The molecule has 8 heteroatoms. The number of likely N-dealkylation sites (N-methyl/N-ethyl adjacent to an activating group) is 1. The van der Waals surface area contributed by atoms with Crippen molar-refractivity contribution in [2.24, 2.45) is 5.41 Å². The van der Waals surface area contributed by atoms with E-state index in [2.05, 4.69) is 12.2 Å². The van der Waals surface area contributed by atoms with Crippen molar-refractivity contribution < 1.29 is 9.59 Å². The van der Waals surface area contributed by atoms with E-state index in [0.717, 1.165) is 31.5 Å². The van der Waals surface area contributed by atoms with Gasteiger partial charge in [-0.25, -0.2) is 0 Å². The molecule has 0 aromatic heterocycles. The predicted octanol–water partition coefficient (Wildman–Crippen LogP) is 5.49. The molecule has 2 fully saturated rings. The Morgan fingerprint density at radius 1 is 1.03 bits per heavy atom. The largest absolute Gasteiger partial charge is 0.341 e. The molecule has 2 aromatic rings. The minimum Gasteiger partial charge on any atom is -0.341 e. The van der Waals surface area contributed by atoms with Gasteiger partial charge in [-0.1, -0.05) is 47.8 Å². The molecule has 0 unspecified atom stereocenters. The second-order valence-corrected chi connectivity index (χ2v) is 10.9. The fourth-order valence-electron chi connectivity index (χ4n) is 5.18. The third-order valence-electron chi connectivity index (χ3n) is 7.37. The van der Waals surface area contributed by atoms with E-state index in [1.807, 2.05) is 24.1 Å². The van der Waals surface area contributed by atoms with E-state index < -0.39 is 0 Å². The van der Waals surface area contributed by atoms with Crippen LogP contribution in [-0.4, -0.2) is 60.9 Å². The smallest absolute Gasteiger partial charge is 0.253 e. The van der Waals surface area contributed by atoms with Gasteiger partial charge in [0.05, 0.1) is 10.0 Å². The van der Waals surface area contributed by atoms with Gasteiger partial charge < -0.3 is 15.1 Å². The second kappa shape index (κ2) is 10.4. The number of nitrogens with one attached hydrogen (secondary N) is 1. The molecule has 0 radical (unpaired) electrons. The molecule has 0 spiro atoms. The summed E-state index contributed by atoms with van der Waals surface area (Å²) in [5.41, 5.74) is 1.20. The summed E-state index contributed by atoms with van der Waals surface area (Å²) in [7, 11) is 1.83. The van der Waals surface area contributed by atoms with Crippen molar-refractivity contribution in [3.05, 3.63) is 68.7 Å². The molecule has 5 nitrogen and oxygen atoms in total. The van der Waals surface area contributed by atoms with Crippen molar-refractivity contribution in [2.45, 2.75) is 38.1 Å². The van der Waals surface area contributed by atoms with E-state index in [0.29, 0.717) is 40.1 Å². The average molecular weight is 523 g/mol. The highest BCUT2D eigenvalue weighted by molar-refractivity contribution is 6.42. The molecule has 2 aliphatic heterocycles. The van der Waals surface area contributed by atoms with Crippen LogP contribution in [0.15, 0.2) is 42.5 Å². The van der Waals surface area contributed by atoms with Crippen LogP contribution >= 0.6 is 34.8 Å². The number of likely N-dealkylation sites (tertiary alicyclic amines) is 1. The number of rotatable bonds is 4. The monoisotopic (exact) mass is 521 g/mol. The van der Waals surface area contributed by atoms with E-state index in [4.69, 9.17) is 34.8 Å². The number of halogens is 3. The maximum absolute atomic E-state index is 13.6. The molecular weight excluding hydrogens is 493 g/mol. The summed E-state index contributed by atoms with van der Waals surface area (Å²) >= 11 is 18.6. The summed E-state index contributed by atoms with van der Waals surface area (Å²) in [5, 5.41) is 4.89. The summed E-state index contributed by atoms with van der Waals surface area (Å²) < 4.78 is 0. The number of carbonyl (C=O) groups excluding carboxylic acids is 2. The normalized spacial score (nSPS) is 22.3. The van der Waals surface area contributed by atoms with E-state index in [-0.39, 0.29) is 29.2 Å². The lowest BCUT2D eigenvalue weighted by molar-refractivity contribution is -0.144. The molecule has 0 aliphatic carbocycles. The Labute approximate surface area is 216 Å². The third kappa shape index (κ3) is 5.23. The first-order chi connectivity index (χ1) is 16.2. The topological polar surface area (TPSA) is 52.7 Å². The number of benzene rings is 2. The van der Waals surface area contributed by atoms with Gasteiger partial charge >= 0.3 is 0 Å². The zero-order chi connectivity index (χ0) is 24.5. The van der Waals surface area contributed by atoms with Crippen LogP contribution < -0.4 is 5.32 Å². The molecule has 2 atom stereocenters. The quantitative estimate of drug-likeness (QED) is 0.577. The van der Waals surface area contributed by atoms with Crippen LogP contribution in [0.1, 0.15) is 48.0 Å². The van der Waals surface area contributed by atoms with Crippen molar-refractivity contribution in [3.63, 3.8) is 0 Å². The van der Waals surface area contributed by atoms with E-state index in [1.165, 1.54) is 0 Å². The van der Waals surface area contributed by atoms with Gasteiger partial charge in [0.15, 0.2) is 0 Å². The first kappa shape index (κ1) is 25.3. The Balaban J connectivity index is 1.62. The molecule has 2 heterocycles. The van der Waals surface area contributed by atoms with Crippen LogP contribution in [0.25, 0.3) is 0 Å². The van der Waals surface area contributed by atoms with Gasteiger partial charge in [0.25, 0.3) is 5.91 Å². The third-order valence-corrected chi connectivity index (χ3v) is 8.36. The van der Waals surface area contributed by atoms with Crippen LogP contribution in [-0.2, 0) is 4.79 Å². The summed E-state index contributed by atoms with van der Waals surface area (Å²) in [5.74, 6) is 0.0417. The molecule has 182 valence electrons. The van der Waals surface area contributed by atoms with Crippen molar-refractivity contribution in [1.29, 1.82) is 0 Å². The average Bonchev–Trinajstić information content (AvgIpc) is 2.85. The van der Waals surface area contributed by atoms with Gasteiger partial charge in [-0.15, -0.1) is 0 Å². The molecule has 0 saturated carbocycles. The maximum Gasteiger partial charge on any atom is 0.253 e. The van der Waals surface area contributed by atoms with Gasteiger partial charge in [-0.05, 0) is 74.3 Å². The number of carbonyl (C=O) groups is 2. The van der Waals surface area contributed by atoms with Crippen LogP contribution in [0.2, 0.25) is 15.1 Å². The van der Waals surface area contributed by atoms with Crippen LogP contribution in [0, 0.1) is 5.41 Å². The van der Waals surface area contributed by atoms with Gasteiger partial charge in [-0.3, -0.25) is 9.59 Å². The van der Waals surface area contributed by atoms with Crippen molar-refractivity contribution in [2.75, 3.05) is 33.2 Å².